The van der Waals surface area contributed by atoms with Gasteiger partial charge in [0, 0.05) is 26.2 Å². The van der Waals surface area contributed by atoms with E-state index in [0.717, 1.165) is 30.7 Å². The number of likely N-dealkylation sites (tertiary alicyclic amines) is 1. The van der Waals surface area contributed by atoms with Crippen LogP contribution in [0, 0.1) is 11.8 Å². The zero-order chi connectivity index (χ0) is 21.1. The second-order valence-corrected chi connectivity index (χ2v) is 8.67. The molecular formula is C23H32N2O4. The highest BCUT2D eigenvalue weighted by atomic mass is 16.5. The highest BCUT2D eigenvalue weighted by Crippen LogP contribution is 2.35. The van der Waals surface area contributed by atoms with E-state index >= 15 is 0 Å². The van der Waals surface area contributed by atoms with Gasteiger partial charge in [-0.05, 0) is 56.2 Å². The van der Waals surface area contributed by atoms with Gasteiger partial charge < -0.3 is 14.7 Å². The third-order valence-corrected chi connectivity index (χ3v) is 5.30. The van der Waals surface area contributed by atoms with Crippen LogP contribution in [-0.4, -0.2) is 59.1 Å². The third-order valence-electron chi connectivity index (χ3n) is 5.30. The number of amides is 2. The number of imide groups is 1. The van der Waals surface area contributed by atoms with Crippen LogP contribution in [0.1, 0.15) is 46.1 Å². The molecule has 1 aromatic rings. The Morgan fingerprint density at radius 3 is 2.38 bits per heavy atom. The standard InChI is InChI=1S/C23H32N2O4/c1-15(2)12-25-22(27)20(18-7-9-19(10-8-18)29-16(3)4)21(23(25)28)24-11-5-6-17(13-24)14-26/h7-10,15-17,26H,5-6,11-14H2,1-4H3. The molecule has 2 aliphatic heterocycles. The molecule has 1 fully saturated rings. The van der Waals surface area contributed by atoms with Crippen molar-refractivity contribution in [2.75, 3.05) is 26.2 Å². The first-order valence-electron chi connectivity index (χ1n) is 10.5. The van der Waals surface area contributed by atoms with E-state index in [9.17, 15) is 14.7 Å². The molecule has 0 bridgehead atoms. The van der Waals surface area contributed by atoms with Crippen molar-refractivity contribution in [3.63, 3.8) is 0 Å². The average molecular weight is 401 g/mol. The van der Waals surface area contributed by atoms with E-state index in [2.05, 4.69) is 0 Å². The Labute approximate surface area is 173 Å². The van der Waals surface area contributed by atoms with Gasteiger partial charge in [-0.2, -0.15) is 0 Å². The van der Waals surface area contributed by atoms with Crippen LogP contribution >= 0.6 is 0 Å². The smallest absolute Gasteiger partial charge is 0.277 e. The molecule has 0 spiro atoms. The maximum absolute atomic E-state index is 13.3. The van der Waals surface area contributed by atoms with Crippen LogP contribution in [0.15, 0.2) is 30.0 Å². The lowest BCUT2D eigenvalue weighted by molar-refractivity contribution is -0.138. The van der Waals surface area contributed by atoms with Crippen molar-refractivity contribution < 1.29 is 19.4 Å². The van der Waals surface area contributed by atoms with Crippen LogP contribution < -0.4 is 4.74 Å². The summed E-state index contributed by atoms with van der Waals surface area (Å²) < 4.78 is 5.71. The molecular weight excluding hydrogens is 368 g/mol. The molecule has 2 heterocycles. The second kappa shape index (κ2) is 8.99. The summed E-state index contributed by atoms with van der Waals surface area (Å²) in [5.74, 6) is 0.598. The molecule has 158 valence electrons. The minimum Gasteiger partial charge on any atom is -0.491 e. The molecule has 6 heteroatoms. The first kappa shape index (κ1) is 21.4. The second-order valence-electron chi connectivity index (χ2n) is 8.67. The Hall–Kier alpha value is -2.34. The van der Waals surface area contributed by atoms with Crippen molar-refractivity contribution in [1.29, 1.82) is 0 Å². The SMILES string of the molecule is CC(C)CN1C(=O)C(c2ccc(OC(C)C)cc2)=C(N2CCCC(CO)C2)C1=O. The number of nitrogens with zero attached hydrogens (tertiary/aromatic N) is 2. The van der Waals surface area contributed by atoms with Crippen LogP contribution in [0.4, 0.5) is 0 Å². The number of aliphatic hydroxyl groups excluding tert-OH is 1. The summed E-state index contributed by atoms with van der Waals surface area (Å²) >= 11 is 0. The molecule has 3 rings (SSSR count). The Balaban J connectivity index is 2.00. The molecule has 0 aliphatic carbocycles. The van der Waals surface area contributed by atoms with Gasteiger partial charge >= 0.3 is 0 Å². The highest BCUT2D eigenvalue weighted by molar-refractivity contribution is 6.35. The van der Waals surface area contributed by atoms with Gasteiger partial charge in [0.15, 0.2) is 0 Å². The van der Waals surface area contributed by atoms with Gasteiger partial charge in [-0.1, -0.05) is 26.0 Å². The van der Waals surface area contributed by atoms with Crippen molar-refractivity contribution in [3.05, 3.63) is 35.5 Å². The van der Waals surface area contributed by atoms with Gasteiger partial charge in [-0.15, -0.1) is 0 Å². The summed E-state index contributed by atoms with van der Waals surface area (Å²) in [6.07, 6.45) is 1.90. The molecule has 0 radical (unpaired) electrons. The average Bonchev–Trinajstić information content (AvgIpc) is 2.92. The van der Waals surface area contributed by atoms with Crippen LogP contribution in [0.3, 0.4) is 0 Å². The molecule has 2 amide bonds. The fraction of sp³-hybridized carbons (Fsp3) is 0.565. The number of ether oxygens (including phenoxy) is 1. The van der Waals surface area contributed by atoms with Crippen molar-refractivity contribution >= 4 is 17.4 Å². The lowest BCUT2D eigenvalue weighted by Crippen LogP contribution is -2.41. The first-order chi connectivity index (χ1) is 13.8. The number of carbonyl (C=O) groups is 2. The van der Waals surface area contributed by atoms with Gasteiger partial charge in [0.05, 0.1) is 11.7 Å². The zero-order valence-electron chi connectivity index (χ0n) is 17.9. The normalized spacial score (nSPS) is 20.4. The summed E-state index contributed by atoms with van der Waals surface area (Å²) in [5.41, 5.74) is 1.67. The summed E-state index contributed by atoms with van der Waals surface area (Å²) in [7, 11) is 0. The van der Waals surface area contributed by atoms with E-state index in [0.29, 0.717) is 24.4 Å². The predicted molar refractivity (Wildman–Crippen MR) is 112 cm³/mol. The zero-order valence-corrected chi connectivity index (χ0v) is 17.9. The van der Waals surface area contributed by atoms with Crippen LogP contribution in [0.5, 0.6) is 5.75 Å². The van der Waals surface area contributed by atoms with E-state index < -0.39 is 0 Å². The van der Waals surface area contributed by atoms with E-state index in [1.54, 1.807) is 0 Å². The van der Waals surface area contributed by atoms with Gasteiger partial charge in [0.2, 0.25) is 0 Å². The van der Waals surface area contributed by atoms with E-state index in [1.807, 2.05) is 56.9 Å². The van der Waals surface area contributed by atoms with Gasteiger partial charge in [0.25, 0.3) is 11.8 Å². The van der Waals surface area contributed by atoms with E-state index in [4.69, 9.17) is 4.74 Å². The largest absolute Gasteiger partial charge is 0.491 e. The predicted octanol–water partition coefficient (Wildman–Crippen LogP) is 2.91. The van der Waals surface area contributed by atoms with Crippen LogP contribution in [-0.2, 0) is 9.59 Å². The summed E-state index contributed by atoms with van der Waals surface area (Å²) in [4.78, 5) is 29.9. The van der Waals surface area contributed by atoms with Crippen LogP contribution in [0.25, 0.3) is 5.57 Å². The number of hydrogen-bond acceptors (Lipinski definition) is 5. The molecule has 6 nitrogen and oxygen atoms in total. The Morgan fingerprint density at radius 1 is 1.10 bits per heavy atom. The maximum Gasteiger partial charge on any atom is 0.277 e. The minimum absolute atomic E-state index is 0.0654. The van der Waals surface area contributed by atoms with E-state index in [1.165, 1.54) is 4.90 Å². The van der Waals surface area contributed by atoms with Crippen molar-refractivity contribution in [2.45, 2.75) is 46.6 Å². The molecule has 1 aromatic carbocycles. The Bertz CT molecular complexity index is 783. The summed E-state index contributed by atoms with van der Waals surface area (Å²) in [5, 5.41) is 9.61. The minimum atomic E-state index is -0.234. The first-order valence-corrected chi connectivity index (χ1v) is 10.5. The number of hydrogen-bond donors (Lipinski definition) is 1. The lowest BCUT2D eigenvalue weighted by Gasteiger charge is -2.34. The molecule has 1 atom stereocenters. The summed E-state index contributed by atoms with van der Waals surface area (Å²) in [6, 6.07) is 7.39. The molecule has 1 unspecified atom stereocenters. The number of carbonyl (C=O) groups excluding carboxylic acids is 2. The molecule has 0 aromatic heterocycles. The summed E-state index contributed by atoms with van der Waals surface area (Å²) in [6.45, 7) is 9.74. The lowest BCUT2D eigenvalue weighted by atomic mass is 9.97. The fourth-order valence-electron chi connectivity index (χ4n) is 4.04. The number of piperidine rings is 1. The highest BCUT2D eigenvalue weighted by Gasteiger charge is 2.42. The molecule has 2 aliphatic rings. The number of rotatable bonds is 7. The van der Waals surface area contributed by atoms with Crippen molar-refractivity contribution in [3.8, 4) is 5.75 Å². The van der Waals surface area contributed by atoms with E-state index in [-0.39, 0.29) is 36.4 Å². The van der Waals surface area contributed by atoms with Crippen molar-refractivity contribution in [1.82, 2.24) is 9.80 Å². The molecule has 0 saturated carbocycles. The monoisotopic (exact) mass is 400 g/mol. The molecule has 29 heavy (non-hydrogen) atoms. The number of aliphatic hydroxyl groups is 1. The molecule has 1 N–H and O–H groups in total. The van der Waals surface area contributed by atoms with Crippen molar-refractivity contribution in [2.24, 2.45) is 11.8 Å². The fourth-order valence-corrected chi connectivity index (χ4v) is 4.04. The van der Waals surface area contributed by atoms with Crippen LogP contribution in [0.2, 0.25) is 0 Å². The quantitative estimate of drug-likeness (QED) is 0.713. The topological polar surface area (TPSA) is 70.1 Å². The van der Waals surface area contributed by atoms with Gasteiger partial charge in [0.1, 0.15) is 11.4 Å². The molecule has 1 saturated heterocycles. The van der Waals surface area contributed by atoms with Gasteiger partial charge in [-0.25, -0.2) is 0 Å². The number of benzene rings is 1. The third kappa shape index (κ3) is 4.64. The van der Waals surface area contributed by atoms with Gasteiger partial charge in [-0.3, -0.25) is 14.5 Å². The Morgan fingerprint density at radius 2 is 1.79 bits per heavy atom. The Kier molecular flexibility index (Phi) is 6.63. The maximum atomic E-state index is 13.3.